The Morgan fingerprint density at radius 1 is 1.30 bits per heavy atom. The van der Waals surface area contributed by atoms with Crippen LogP contribution in [-0.4, -0.2) is 63.5 Å². The lowest BCUT2D eigenvalue weighted by Gasteiger charge is -2.48. The van der Waals surface area contributed by atoms with Crippen molar-refractivity contribution in [1.82, 2.24) is 14.1 Å². The second-order valence-corrected chi connectivity index (χ2v) is 11.4. The van der Waals surface area contributed by atoms with E-state index in [-0.39, 0.29) is 28.9 Å². The highest BCUT2D eigenvalue weighted by Gasteiger charge is 2.58. The van der Waals surface area contributed by atoms with Crippen molar-refractivity contribution >= 4 is 32.5 Å². The van der Waals surface area contributed by atoms with E-state index < -0.39 is 10.9 Å². The Balaban J connectivity index is 1.82. The number of thiol groups is 1. The van der Waals surface area contributed by atoms with Crippen LogP contribution in [0.1, 0.15) is 67.7 Å². The van der Waals surface area contributed by atoms with Crippen molar-refractivity contribution in [1.29, 1.82) is 0 Å². The Kier molecular flexibility index (Phi) is 4.78. The first-order valence-electron chi connectivity index (χ1n) is 11.1. The summed E-state index contributed by atoms with van der Waals surface area (Å²) in [5.41, 5.74) is 0.228. The lowest BCUT2D eigenvalue weighted by Crippen LogP contribution is -2.53. The number of carbonyl (C=O) groups excluding carboxylic acids is 1. The molecule has 1 aliphatic carbocycles. The van der Waals surface area contributed by atoms with Gasteiger partial charge in [-0.1, -0.05) is 51.1 Å². The molecule has 1 amide bonds. The fraction of sp³-hybridized carbons (Fsp3) is 0.739. The maximum Gasteiger partial charge on any atom is 0.232 e. The lowest BCUT2D eigenvalue weighted by atomic mass is 9.53. The Morgan fingerprint density at radius 3 is 2.57 bits per heavy atom. The highest BCUT2D eigenvalue weighted by Crippen LogP contribution is 2.58. The first-order valence-corrected chi connectivity index (χ1v) is 11.5. The molecule has 0 saturated carbocycles. The molecule has 1 saturated heterocycles. The quantitative estimate of drug-likeness (QED) is 0.422. The Morgan fingerprint density at radius 2 is 1.97 bits per heavy atom. The Labute approximate surface area is 188 Å². The molecule has 0 aromatic heterocycles. The van der Waals surface area contributed by atoms with Crippen LogP contribution in [0, 0.1) is 5.41 Å². The fourth-order valence-corrected chi connectivity index (χ4v) is 6.79. The van der Waals surface area contributed by atoms with E-state index in [1.165, 1.54) is 0 Å². The number of fused-ring (bicyclic) bond motifs is 2. The van der Waals surface area contributed by atoms with Gasteiger partial charge in [-0.05, 0) is 46.1 Å². The molecule has 3 aliphatic heterocycles. The maximum atomic E-state index is 13.4. The number of hydrogen-bond donors (Lipinski definition) is 1. The van der Waals surface area contributed by atoms with Crippen molar-refractivity contribution in [3.8, 4) is 0 Å². The molecule has 5 unspecified atom stereocenters. The second-order valence-electron chi connectivity index (χ2n) is 11.0. The maximum absolute atomic E-state index is 13.4. The van der Waals surface area contributed by atoms with Crippen LogP contribution in [0.5, 0.6) is 0 Å². The fourth-order valence-electron chi connectivity index (χ4n) is 6.34. The average molecular weight is 426 g/mol. The standard InChI is InChI=1S/C23H35BN4OS/c1-8-21(5)14-26-18(29)11-23(7,25-19(26)28(21)15(2)3)16-12-27(30)17-9-10-20(4,24)13-22(16,17)6/h9-10,12,15,17,30H,8,11,13-14H2,1-7H3. The van der Waals surface area contributed by atoms with Gasteiger partial charge >= 0.3 is 0 Å². The smallest absolute Gasteiger partial charge is 0.232 e. The van der Waals surface area contributed by atoms with E-state index in [9.17, 15) is 4.79 Å². The van der Waals surface area contributed by atoms with Crippen LogP contribution in [0.3, 0.4) is 0 Å². The van der Waals surface area contributed by atoms with E-state index in [2.05, 4.69) is 71.7 Å². The largest absolute Gasteiger partial charge is 0.333 e. The number of amides is 1. The number of guanidine groups is 1. The van der Waals surface area contributed by atoms with Gasteiger partial charge in [-0.15, -0.1) is 0 Å². The molecule has 0 aromatic rings. The molecule has 5 atom stereocenters. The molecule has 0 aromatic carbocycles. The zero-order valence-electron chi connectivity index (χ0n) is 19.4. The predicted molar refractivity (Wildman–Crippen MR) is 127 cm³/mol. The third-order valence-electron chi connectivity index (χ3n) is 7.76. The van der Waals surface area contributed by atoms with Crippen molar-refractivity contribution in [2.45, 2.75) is 96.2 Å². The van der Waals surface area contributed by atoms with Crippen molar-refractivity contribution in [2.75, 3.05) is 6.54 Å². The molecule has 4 rings (SSSR count). The van der Waals surface area contributed by atoms with Gasteiger partial charge in [0, 0.05) is 17.7 Å². The molecular weight excluding hydrogens is 391 g/mol. The van der Waals surface area contributed by atoms with Crippen LogP contribution in [0.15, 0.2) is 28.9 Å². The molecule has 30 heavy (non-hydrogen) atoms. The molecule has 4 aliphatic rings. The predicted octanol–water partition coefficient (Wildman–Crippen LogP) is 3.95. The van der Waals surface area contributed by atoms with E-state index in [0.29, 0.717) is 13.0 Å². The minimum absolute atomic E-state index is 0.0939. The van der Waals surface area contributed by atoms with Gasteiger partial charge in [0.2, 0.25) is 11.9 Å². The lowest BCUT2D eigenvalue weighted by molar-refractivity contribution is -0.129. The summed E-state index contributed by atoms with van der Waals surface area (Å²) in [6.45, 7) is 15.9. The Hall–Kier alpha value is -1.37. The zero-order chi connectivity index (χ0) is 22.3. The molecule has 7 heteroatoms. The Bertz CT molecular complexity index is 867. The molecular formula is C23H35BN4OS. The van der Waals surface area contributed by atoms with Gasteiger partial charge in [-0.2, -0.15) is 0 Å². The first kappa shape index (κ1) is 21.9. The number of allylic oxidation sites excluding steroid dienone is 1. The van der Waals surface area contributed by atoms with Gasteiger partial charge in [0.15, 0.2) is 0 Å². The van der Waals surface area contributed by atoms with Gasteiger partial charge in [0.25, 0.3) is 0 Å². The molecule has 2 radical (unpaired) electrons. The van der Waals surface area contributed by atoms with Crippen LogP contribution in [-0.2, 0) is 4.79 Å². The zero-order valence-corrected chi connectivity index (χ0v) is 20.3. The summed E-state index contributed by atoms with van der Waals surface area (Å²) in [5, 5.41) is -0.393. The van der Waals surface area contributed by atoms with Crippen LogP contribution < -0.4 is 0 Å². The summed E-state index contributed by atoms with van der Waals surface area (Å²) in [7, 11) is 6.55. The van der Waals surface area contributed by atoms with Crippen molar-refractivity contribution in [3.63, 3.8) is 0 Å². The first-order chi connectivity index (χ1) is 13.8. The molecule has 1 fully saturated rings. The summed E-state index contributed by atoms with van der Waals surface area (Å²) in [4.78, 5) is 23.0. The number of nitrogens with zero attached hydrogens (tertiary/aromatic N) is 4. The molecule has 0 N–H and O–H groups in total. The molecule has 3 heterocycles. The van der Waals surface area contributed by atoms with Gasteiger partial charge in [0.05, 0.1) is 37.9 Å². The van der Waals surface area contributed by atoms with Gasteiger partial charge < -0.3 is 9.21 Å². The topological polar surface area (TPSA) is 39.2 Å². The number of carbonyl (C=O) groups is 1. The normalized spacial score (nSPS) is 43.2. The van der Waals surface area contributed by atoms with Gasteiger partial charge in [0.1, 0.15) is 0 Å². The van der Waals surface area contributed by atoms with Crippen LogP contribution >= 0.6 is 12.8 Å². The van der Waals surface area contributed by atoms with E-state index in [1.807, 2.05) is 9.21 Å². The summed E-state index contributed by atoms with van der Waals surface area (Å²) >= 11 is 4.74. The average Bonchev–Trinajstić information content (AvgIpc) is 3.05. The monoisotopic (exact) mass is 426 g/mol. The van der Waals surface area contributed by atoms with Crippen LogP contribution in [0.4, 0.5) is 0 Å². The molecule has 0 bridgehead atoms. The third kappa shape index (κ3) is 2.98. The van der Waals surface area contributed by atoms with Crippen molar-refractivity contribution in [2.24, 2.45) is 10.4 Å². The van der Waals surface area contributed by atoms with E-state index in [1.54, 1.807) is 0 Å². The van der Waals surface area contributed by atoms with Crippen LogP contribution in [0.2, 0.25) is 5.31 Å². The number of rotatable bonds is 3. The number of aliphatic imine (C=N–C) groups is 1. The van der Waals surface area contributed by atoms with Gasteiger partial charge in [-0.3, -0.25) is 9.69 Å². The number of hydrogen-bond acceptors (Lipinski definition) is 5. The van der Waals surface area contributed by atoms with Crippen molar-refractivity contribution in [3.05, 3.63) is 23.9 Å². The summed E-state index contributed by atoms with van der Waals surface area (Å²) in [6.07, 6.45) is 8.49. The third-order valence-corrected chi connectivity index (χ3v) is 8.12. The van der Waals surface area contributed by atoms with E-state index in [4.69, 9.17) is 25.7 Å². The minimum Gasteiger partial charge on any atom is -0.333 e. The minimum atomic E-state index is -0.610. The summed E-state index contributed by atoms with van der Waals surface area (Å²) in [5.74, 6) is 0.986. The second kappa shape index (κ2) is 6.57. The van der Waals surface area contributed by atoms with E-state index in [0.717, 1.165) is 24.4 Å². The van der Waals surface area contributed by atoms with Gasteiger partial charge in [-0.25, -0.2) is 4.99 Å². The van der Waals surface area contributed by atoms with Crippen molar-refractivity contribution < 1.29 is 4.79 Å². The van der Waals surface area contributed by atoms with Crippen LogP contribution in [0.25, 0.3) is 0 Å². The summed E-state index contributed by atoms with van der Waals surface area (Å²) < 4.78 is 1.97. The molecule has 5 nitrogen and oxygen atoms in total. The highest BCUT2D eigenvalue weighted by molar-refractivity contribution is 7.77. The highest BCUT2D eigenvalue weighted by atomic mass is 32.1. The SMILES string of the molecule is [B]C1(C)C=CC2N(S)C=C(C3(C)CC(=O)N4CC(C)(CC)N(C(C)C)C4=N3)C2(C)C1. The summed E-state index contributed by atoms with van der Waals surface area (Å²) in [6, 6.07) is 0.379. The molecule has 0 spiro atoms. The molecule has 162 valence electrons. The van der Waals surface area contributed by atoms with E-state index >= 15 is 0 Å².